The highest BCUT2D eigenvalue weighted by molar-refractivity contribution is 9.10. The summed E-state index contributed by atoms with van der Waals surface area (Å²) in [6.07, 6.45) is 2.67. The second-order valence-electron chi connectivity index (χ2n) is 4.51. The monoisotopic (exact) mass is 411 g/mol. The number of rotatable bonds is 5. The van der Waals surface area contributed by atoms with Gasteiger partial charge in [-0.1, -0.05) is 27.6 Å². The molecule has 0 saturated heterocycles. The molecule has 0 amide bonds. The average Bonchev–Trinajstić information content (AvgIpc) is 2.46. The van der Waals surface area contributed by atoms with E-state index in [1.807, 2.05) is 6.08 Å². The van der Waals surface area contributed by atoms with Crippen LogP contribution in [-0.2, 0) is 10.0 Å². The summed E-state index contributed by atoms with van der Waals surface area (Å²) in [7, 11) is -3.94. The van der Waals surface area contributed by atoms with E-state index >= 15 is 0 Å². The molecule has 1 heterocycles. The summed E-state index contributed by atoms with van der Waals surface area (Å²) >= 11 is 3.13. The Hall–Kier alpha value is -1.00. The zero-order chi connectivity index (χ0) is 15.5. The van der Waals surface area contributed by atoms with E-state index in [2.05, 4.69) is 26.0 Å². The summed E-state index contributed by atoms with van der Waals surface area (Å²) in [5.74, 6) is 0. The second-order valence-corrected chi connectivity index (χ2v) is 7.16. The number of nitro groups is 1. The maximum Gasteiger partial charge on any atom is 0.289 e. The Balaban J connectivity index is 0.00000242. The van der Waals surface area contributed by atoms with Gasteiger partial charge in [-0.2, -0.15) is 0 Å². The van der Waals surface area contributed by atoms with E-state index in [9.17, 15) is 18.5 Å². The molecule has 1 aromatic carbocycles. The Labute approximate surface area is 142 Å². The third-order valence-corrected chi connectivity index (χ3v) is 4.98. The highest BCUT2D eigenvalue weighted by Crippen LogP contribution is 2.27. The van der Waals surface area contributed by atoms with Gasteiger partial charge >= 0.3 is 0 Å². The van der Waals surface area contributed by atoms with Gasteiger partial charge in [0.1, 0.15) is 0 Å². The number of halogens is 2. The number of hydrogen-bond acceptors (Lipinski definition) is 5. The third-order valence-electron chi connectivity index (χ3n) is 3.06. The number of sulfonamides is 1. The lowest BCUT2D eigenvalue weighted by Gasteiger charge is -2.14. The van der Waals surface area contributed by atoms with Crippen molar-refractivity contribution >= 4 is 44.0 Å². The van der Waals surface area contributed by atoms with Crippen LogP contribution in [0.2, 0.25) is 0 Å². The van der Waals surface area contributed by atoms with E-state index in [1.54, 1.807) is 0 Å². The molecule has 10 heteroatoms. The van der Waals surface area contributed by atoms with Crippen LogP contribution in [0.15, 0.2) is 39.2 Å². The van der Waals surface area contributed by atoms with Gasteiger partial charge in [0, 0.05) is 23.6 Å². The molecule has 1 aliphatic rings. The van der Waals surface area contributed by atoms with Crippen LogP contribution >= 0.6 is 28.3 Å². The fraction of sp³-hybridized carbons (Fsp3) is 0.333. The lowest BCUT2D eigenvalue weighted by Crippen LogP contribution is -2.30. The van der Waals surface area contributed by atoms with Crippen LogP contribution in [0.4, 0.5) is 5.69 Å². The first-order valence-electron chi connectivity index (χ1n) is 6.22. The fourth-order valence-electron chi connectivity index (χ4n) is 1.95. The lowest BCUT2D eigenvalue weighted by molar-refractivity contribution is -0.387. The quantitative estimate of drug-likeness (QED) is 0.437. The van der Waals surface area contributed by atoms with Crippen molar-refractivity contribution in [2.45, 2.75) is 11.3 Å². The van der Waals surface area contributed by atoms with Crippen LogP contribution < -0.4 is 10.0 Å². The normalized spacial score (nSPS) is 14.9. The molecule has 1 aromatic rings. The Morgan fingerprint density at radius 3 is 2.73 bits per heavy atom. The van der Waals surface area contributed by atoms with Crippen LogP contribution in [0.3, 0.4) is 0 Å². The van der Waals surface area contributed by atoms with E-state index in [0.29, 0.717) is 11.0 Å². The minimum atomic E-state index is -3.94. The maximum atomic E-state index is 12.3. The van der Waals surface area contributed by atoms with Crippen molar-refractivity contribution in [1.82, 2.24) is 10.0 Å². The van der Waals surface area contributed by atoms with Crippen LogP contribution in [-0.4, -0.2) is 33.0 Å². The molecule has 0 unspecified atom stereocenters. The van der Waals surface area contributed by atoms with E-state index in [4.69, 9.17) is 0 Å². The highest BCUT2D eigenvalue weighted by Gasteiger charge is 2.26. The number of nitrogens with one attached hydrogen (secondary N) is 2. The molecule has 0 aromatic heterocycles. The van der Waals surface area contributed by atoms with E-state index in [-0.39, 0.29) is 23.8 Å². The average molecular weight is 413 g/mol. The Bertz CT molecular complexity index is 694. The topological polar surface area (TPSA) is 101 Å². The van der Waals surface area contributed by atoms with E-state index in [1.165, 1.54) is 18.2 Å². The summed E-state index contributed by atoms with van der Waals surface area (Å²) in [4.78, 5) is 9.92. The molecule has 7 nitrogen and oxygen atoms in total. The third kappa shape index (κ3) is 4.75. The summed E-state index contributed by atoms with van der Waals surface area (Å²) in [6.45, 7) is 1.66. The van der Waals surface area contributed by atoms with Gasteiger partial charge in [-0.25, -0.2) is 13.1 Å². The summed E-state index contributed by atoms with van der Waals surface area (Å²) < 4.78 is 27.4. The standard InChI is InChI=1S/C12H14BrN3O4S.ClH/c13-10-1-2-11(16(17)18)12(7-10)21(19,20)15-8-9-3-5-14-6-4-9;/h1-3,7,14-15H,4-6,8H2;1H. The largest absolute Gasteiger partial charge is 0.313 e. The zero-order valence-electron chi connectivity index (χ0n) is 11.4. The van der Waals surface area contributed by atoms with E-state index in [0.717, 1.165) is 18.5 Å². The minimum absolute atomic E-state index is 0. The van der Waals surface area contributed by atoms with Crippen molar-refractivity contribution < 1.29 is 13.3 Å². The van der Waals surface area contributed by atoms with Crippen LogP contribution in [0, 0.1) is 10.1 Å². The molecular formula is C12H15BrClN3O4S. The van der Waals surface area contributed by atoms with Gasteiger partial charge in [0.05, 0.1) is 4.92 Å². The van der Waals surface area contributed by atoms with Crippen molar-refractivity contribution in [3.05, 3.63) is 44.4 Å². The molecule has 0 bridgehead atoms. The van der Waals surface area contributed by atoms with Gasteiger partial charge in [0.2, 0.25) is 10.0 Å². The Morgan fingerprint density at radius 2 is 2.14 bits per heavy atom. The molecule has 0 radical (unpaired) electrons. The first-order chi connectivity index (χ1) is 9.90. The first-order valence-corrected chi connectivity index (χ1v) is 8.50. The summed E-state index contributed by atoms with van der Waals surface area (Å²) in [5, 5.41) is 14.1. The minimum Gasteiger partial charge on any atom is -0.313 e. The van der Waals surface area contributed by atoms with Crippen molar-refractivity contribution in [3.63, 3.8) is 0 Å². The van der Waals surface area contributed by atoms with Gasteiger partial charge in [0.15, 0.2) is 4.90 Å². The van der Waals surface area contributed by atoms with Gasteiger partial charge in [0.25, 0.3) is 5.69 Å². The summed E-state index contributed by atoms with van der Waals surface area (Å²) in [6, 6.07) is 3.84. The van der Waals surface area contributed by atoms with Gasteiger partial charge in [-0.05, 0) is 25.1 Å². The van der Waals surface area contributed by atoms with Gasteiger partial charge < -0.3 is 5.32 Å². The zero-order valence-corrected chi connectivity index (χ0v) is 14.6. The smallest absolute Gasteiger partial charge is 0.289 e. The Kier molecular flexibility index (Phi) is 6.95. The number of nitro benzene ring substituents is 1. The SMILES string of the molecule is Cl.O=[N+]([O-])c1ccc(Br)cc1S(=O)(=O)NCC1=CCNCC1. The molecule has 2 rings (SSSR count). The Morgan fingerprint density at radius 1 is 1.41 bits per heavy atom. The molecule has 122 valence electrons. The van der Waals surface area contributed by atoms with Crippen LogP contribution in [0.1, 0.15) is 6.42 Å². The predicted octanol–water partition coefficient (Wildman–Crippen LogP) is 1.98. The summed E-state index contributed by atoms with van der Waals surface area (Å²) in [5.41, 5.74) is 0.528. The van der Waals surface area contributed by atoms with E-state index < -0.39 is 20.6 Å². The lowest BCUT2D eigenvalue weighted by atomic mass is 10.1. The van der Waals surface area contributed by atoms with Gasteiger partial charge in [-0.3, -0.25) is 10.1 Å². The molecule has 22 heavy (non-hydrogen) atoms. The van der Waals surface area contributed by atoms with Crippen LogP contribution in [0.5, 0.6) is 0 Å². The molecule has 0 aliphatic carbocycles. The molecule has 0 fully saturated rings. The molecule has 0 atom stereocenters. The van der Waals surface area contributed by atoms with Crippen molar-refractivity contribution in [2.24, 2.45) is 0 Å². The number of nitrogens with zero attached hydrogens (tertiary/aromatic N) is 1. The predicted molar refractivity (Wildman–Crippen MR) is 88.8 cm³/mol. The highest BCUT2D eigenvalue weighted by atomic mass is 79.9. The van der Waals surface area contributed by atoms with Crippen LogP contribution in [0.25, 0.3) is 0 Å². The molecule has 0 saturated carbocycles. The molecule has 0 spiro atoms. The van der Waals surface area contributed by atoms with Crippen molar-refractivity contribution in [2.75, 3.05) is 19.6 Å². The maximum absolute atomic E-state index is 12.3. The fourth-order valence-corrected chi connectivity index (χ4v) is 3.69. The number of benzene rings is 1. The first kappa shape index (κ1) is 19.0. The second kappa shape index (κ2) is 8.02. The molecule has 2 N–H and O–H groups in total. The van der Waals surface area contributed by atoms with Gasteiger partial charge in [-0.15, -0.1) is 12.4 Å². The molecular weight excluding hydrogens is 398 g/mol. The number of hydrogen-bond donors (Lipinski definition) is 2. The van der Waals surface area contributed by atoms with Crippen molar-refractivity contribution in [1.29, 1.82) is 0 Å². The molecule has 1 aliphatic heterocycles. The van der Waals surface area contributed by atoms with Crippen molar-refractivity contribution in [3.8, 4) is 0 Å².